The Kier molecular flexibility index (Phi) is 5.13. The van der Waals surface area contributed by atoms with Crippen molar-refractivity contribution in [3.8, 4) is 5.75 Å². The van der Waals surface area contributed by atoms with E-state index >= 15 is 0 Å². The third-order valence-corrected chi connectivity index (χ3v) is 4.11. The lowest BCUT2D eigenvalue weighted by Gasteiger charge is -2.16. The molecule has 2 rings (SSSR count). The van der Waals surface area contributed by atoms with Gasteiger partial charge in [0.25, 0.3) is 5.91 Å². The molecule has 1 heterocycles. The molecule has 0 saturated carbocycles. The Morgan fingerprint density at radius 3 is 2.68 bits per heavy atom. The maximum atomic E-state index is 12.3. The molecule has 0 aliphatic heterocycles. The summed E-state index contributed by atoms with van der Waals surface area (Å²) in [6.07, 6.45) is -0.683. The SMILES string of the molecule is Cc1nn(C)c(C)c1NC(=O)[C@@H](C)Oc1ccc(Br)cc1Cl. The van der Waals surface area contributed by atoms with Gasteiger partial charge in [-0.2, -0.15) is 5.10 Å². The van der Waals surface area contributed by atoms with E-state index in [-0.39, 0.29) is 5.91 Å². The van der Waals surface area contributed by atoms with Crippen LogP contribution in [0.4, 0.5) is 5.69 Å². The fourth-order valence-electron chi connectivity index (χ4n) is 1.99. The van der Waals surface area contributed by atoms with Crippen molar-refractivity contribution in [3.63, 3.8) is 0 Å². The number of halogens is 2. The predicted molar refractivity (Wildman–Crippen MR) is 90.6 cm³/mol. The number of amides is 1. The van der Waals surface area contributed by atoms with Crippen LogP contribution in [0.15, 0.2) is 22.7 Å². The third-order valence-electron chi connectivity index (χ3n) is 3.32. The van der Waals surface area contributed by atoms with Crippen LogP contribution in [0.2, 0.25) is 5.02 Å². The minimum Gasteiger partial charge on any atom is -0.479 e. The lowest BCUT2D eigenvalue weighted by atomic mass is 10.3. The molecule has 0 spiro atoms. The second kappa shape index (κ2) is 6.71. The molecule has 1 amide bonds. The summed E-state index contributed by atoms with van der Waals surface area (Å²) in [5.41, 5.74) is 2.37. The van der Waals surface area contributed by atoms with Crippen LogP contribution in [0, 0.1) is 13.8 Å². The summed E-state index contributed by atoms with van der Waals surface area (Å²) in [6, 6.07) is 5.24. The molecule has 1 N–H and O–H groups in total. The van der Waals surface area contributed by atoms with Gasteiger partial charge in [0, 0.05) is 11.5 Å². The van der Waals surface area contributed by atoms with Crippen LogP contribution in [0.25, 0.3) is 0 Å². The topological polar surface area (TPSA) is 56.2 Å². The highest BCUT2D eigenvalue weighted by atomic mass is 79.9. The van der Waals surface area contributed by atoms with Crippen LogP contribution >= 0.6 is 27.5 Å². The van der Waals surface area contributed by atoms with Crippen molar-refractivity contribution in [3.05, 3.63) is 39.1 Å². The Bertz CT molecular complexity index is 715. The number of ether oxygens (including phenoxy) is 1. The molecule has 7 heteroatoms. The average molecular weight is 387 g/mol. The first-order valence-electron chi connectivity index (χ1n) is 6.72. The fraction of sp³-hybridized carbons (Fsp3) is 0.333. The molecule has 22 heavy (non-hydrogen) atoms. The highest BCUT2D eigenvalue weighted by Crippen LogP contribution is 2.28. The Balaban J connectivity index is 2.09. The number of hydrogen-bond donors (Lipinski definition) is 1. The van der Waals surface area contributed by atoms with Crippen LogP contribution in [0.3, 0.4) is 0 Å². The Morgan fingerprint density at radius 1 is 1.45 bits per heavy atom. The number of nitrogens with zero attached hydrogens (tertiary/aromatic N) is 2. The molecule has 0 unspecified atom stereocenters. The number of anilines is 1. The first kappa shape index (κ1) is 16.8. The van der Waals surface area contributed by atoms with E-state index in [1.807, 2.05) is 20.9 Å². The number of carbonyl (C=O) groups excluding carboxylic acids is 1. The minimum atomic E-state index is -0.683. The van der Waals surface area contributed by atoms with E-state index in [4.69, 9.17) is 16.3 Å². The summed E-state index contributed by atoms with van der Waals surface area (Å²) in [6.45, 7) is 5.42. The molecule has 0 bridgehead atoms. The highest BCUT2D eigenvalue weighted by molar-refractivity contribution is 9.10. The Labute approximate surface area is 142 Å². The van der Waals surface area contributed by atoms with E-state index in [9.17, 15) is 4.79 Å². The fourth-order valence-corrected chi connectivity index (χ4v) is 2.71. The summed E-state index contributed by atoms with van der Waals surface area (Å²) in [4.78, 5) is 12.3. The third kappa shape index (κ3) is 3.62. The molecule has 5 nitrogen and oxygen atoms in total. The van der Waals surface area contributed by atoms with E-state index in [0.29, 0.717) is 16.5 Å². The van der Waals surface area contributed by atoms with Crippen molar-refractivity contribution in [1.29, 1.82) is 0 Å². The lowest BCUT2D eigenvalue weighted by molar-refractivity contribution is -0.122. The number of aromatic nitrogens is 2. The Hall–Kier alpha value is -1.53. The van der Waals surface area contributed by atoms with Gasteiger partial charge in [0.05, 0.1) is 22.1 Å². The average Bonchev–Trinajstić information content (AvgIpc) is 2.68. The number of hydrogen-bond acceptors (Lipinski definition) is 3. The molecular formula is C15H17BrClN3O2. The number of rotatable bonds is 4. The van der Waals surface area contributed by atoms with E-state index in [0.717, 1.165) is 15.9 Å². The van der Waals surface area contributed by atoms with Crippen molar-refractivity contribution in [2.75, 3.05) is 5.32 Å². The van der Waals surface area contributed by atoms with Crippen molar-refractivity contribution in [2.45, 2.75) is 26.9 Å². The number of aryl methyl sites for hydroxylation is 2. The quantitative estimate of drug-likeness (QED) is 0.868. The van der Waals surface area contributed by atoms with E-state index < -0.39 is 6.10 Å². The van der Waals surface area contributed by atoms with E-state index in [1.54, 1.807) is 29.8 Å². The van der Waals surface area contributed by atoms with Gasteiger partial charge in [-0.25, -0.2) is 0 Å². The second-order valence-electron chi connectivity index (χ2n) is 4.99. The summed E-state index contributed by atoms with van der Waals surface area (Å²) in [5, 5.41) is 7.56. The summed E-state index contributed by atoms with van der Waals surface area (Å²) in [7, 11) is 1.83. The molecule has 1 aromatic carbocycles. The number of benzene rings is 1. The Morgan fingerprint density at radius 2 is 2.14 bits per heavy atom. The molecule has 0 aliphatic carbocycles. The monoisotopic (exact) mass is 385 g/mol. The molecule has 0 fully saturated rings. The standard InChI is InChI=1S/C15H17BrClN3O2/c1-8-14(9(2)20(4)19-8)18-15(21)10(3)22-13-6-5-11(16)7-12(13)17/h5-7,10H,1-4H3,(H,18,21)/t10-/m1/s1. The zero-order chi connectivity index (χ0) is 16.4. The first-order valence-corrected chi connectivity index (χ1v) is 7.89. The van der Waals surface area contributed by atoms with Crippen LogP contribution in [-0.4, -0.2) is 21.8 Å². The molecule has 1 atom stereocenters. The summed E-state index contributed by atoms with van der Waals surface area (Å²) in [5.74, 6) is 0.213. The van der Waals surface area contributed by atoms with Crippen molar-refractivity contribution in [1.82, 2.24) is 9.78 Å². The van der Waals surface area contributed by atoms with Gasteiger partial charge in [-0.3, -0.25) is 9.48 Å². The van der Waals surface area contributed by atoms with Gasteiger partial charge < -0.3 is 10.1 Å². The zero-order valence-corrected chi connectivity index (χ0v) is 15.1. The molecule has 1 aromatic heterocycles. The van der Waals surface area contributed by atoms with Gasteiger partial charge in [-0.1, -0.05) is 27.5 Å². The number of nitrogens with one attached hydrogen (secondary N) is 1. The van der Waals surface area contributed by atoms with Crippen LogP contribution in [0.5, 0.6) is 5.75 Å². The maximum absolute atomic E-state index is 12.3. The molecule has 2 aromatic rings. The van der Waals surface area contributed by atoms with Crippen LogP contribution in [-0.2, 0) is 11.8 Å². The number of carbonyl (C=O) groups is 1. The minimum absolute atomic E-state index is 0.252. The van der Waals surface area contributed by atoms with Gasteiger partial charge in [-0.15, -0.1) is 0 Å². The van der Waals surface area contributed by atoms with Gasteiger partial charge >= 0.3 is 0 Å². The van der Waals surface area contributed by atoms with Gasteiger partial charge in [-0.05, 0) is 39.0 Å². The van der Waals surface area contributed by atoms with E-state index in [1.165, 1.54) is 0 Å². The van der Waals surface area contributed by atoms with Gasteiger partial charge in [0.15, 0.2) is 6.10 Å². The van der Waals surface area contributed by atoms with Gasteiger partial charge in [0.2, 0.25) is 0 Å². The maximum Gasteiger partial charge on any atom is 0.265 e. The normalized spacial score (nSPS) is 12.1. The highest BCUT2D eigenvalue weighted by Gasteiger charge is 2.19. The van der Waals surface area contributed by atoms with Crippen molar-refractivity contribution in [2.24, 2.45) is 7.05 Å². The molecule has 0 radical (unpaired) electrons. The predicted octanol–water partition coefficient (Wildman–Crippen LogP) is 3.86. The molecule has 0 aliphatic rings. The molecular weight excluding hydrogens is 370 g/mol. The second-order valence-corrected chi connectivity index (χ2v) is 6.32. The van der Waals surface area contributed by atoms with Gasteiger partial charge in [0.1, 0.15) is 5.75 Å². The largest absolute Gasteiger partial charge is 0.479 e. The van der Waals surface area contributed by atoms with Crippen molar-refractivity contribution >= 4 is 39.1 Å². The molecule has 118 valence electrons. The van der Waals surface area contributed by atoms with Crippen LogP contribution in [0.1, 0.15) is 18.3 Å². The lowest BCUT2D eigenvalue weighted by Crippen LogP contribution is -2.30. The van der Waals surface area contributed by atoms with Crippen molar-refractivity contribution < 1.29 is 9.53 Å². The molecule has 0 saturated heterocycles. The zero-order valence-electron chi connectivity index (χ0n) is 12.8. The summed E-state index contributed by atoms with van der Waals surface area (Å²) >= 11 is 9.42. The first-order chi connectivity index (χ1) is 10.3. The smallest absolute Gasteiger partial charge is 0.265 e. The van der Waals surface area contributed by atoms with Crippen LogP contribution < -0.4 is 10.1 Å². The van der Waals surface area contributed by atoms with E-state index in [2.05, 4.69) is 26.3 Å². The summed E-state index contributed by atoms with van der Waals surface area (Å²) < 4.78 is 8.20.